The highest BCUT2D eigenvalue weighted by atomic mass is 19.4. The molecule has 0 spiro atoms. The Morgan fingerprint density at radius 1 is 0.629 bits per heavy atom. The fraction of sp³-hybridized carbons (Fsp3) is 0.192. The largest absolute Gasteiger partial charge is 1.00 e. The van der Waals surface area contributed by atoms with Gasteiger partial charge in [-0.25, -0.2) is 4.42 Å². The third-order valence-electron chi connectivity index (χ3n) is 10.5. The summed E-state index contributed by atoms with van der Waals surface area (Å²) in [4.78, 5) is 38.7. The lowest BCUT2D eigenvalue weighted by Gasteiger charge is -2.39. The van der Waals surface area contributed by atoms with Gasteiger partial charge in [0.15, 0.2) is 22.9 Å². The minimum Gasteiger partial charge on any atom is -1.00 e. The van der Waals surface area contributed by atoms with Crippen LogP contribution in [0.2, 0.25) is 0 Å². The smallest absolute Gasteiger partial charge is 0.762 e. The van der Waals surface area contributed by atoms with Crippen molar-refractivity contribution in [3.63, 3.8) is 0 Å². The van der Waals surface area contributed by atoms with Crippen molar-refractivity contribution in [3.8, 4) is 22.5 Å². The minimum atomic E-state index is -3.67. The Morgan fingerprint density at radius 2 is 1.11 bits per heavy atom. The molecule has 0 fully saturated rings. The van der Waals surface area contributed by atoms with Crippen LogP contribution >= 0.6 is 0 Å². The zero-order chi connectivity index (χ0) is 41.2. The summed E-state index contributed by atoms with van der Waals surface area (Å²) < 4.78 is 41.6. The second kappa shape index (κ2) is 22.2. The molecule has 0 radical (unpaired) electrons. The van der Waals surface area contributed by atoms with Gasteiger partial charge in [0.2, 0.25) is 0 Å². The van der Waals surface area contributed by atoms with Crippen molar-refractivity contribution < 1.29 is 41.2 Å². The number of Topliss-reactive ketones (excluding diaryl/α,β-unsaturated/α-hetero) is 3. The average molecular weight is 841 g/mol. The lowest BCUT2D eigenvalue weighted by atomic mass is 9.77. The maximum absolute atomic E-state index is 13.4. The third-order valence-corrected chi connectivity index (χ3v) is 10.5. The van der Waals surface area contributed by atoms with Crippen LogP contribution in [0.1, 0.15) is 91.0 Å². The van der Waals surface area contributed by atoms with Crippen LogP contribution in [-0.4, -0.2) is 24.9 Å². The number of hydrogen-bond acceptors (Lipinski definition) is 4. The van der Waals surface area contributed by atoms with Crippen molar-refractivity contribution in [1.29, 1.82) is 0 Å². The summed E-state index contributed by atoms with van der Waals surface area (Å²) in [6.45, 7) is 0. The molecule has 10 heteroatoms. The Morgan fingerprint density at radius 3 is 1.69 bits per heavy atom. The number of rotatable bonds is 7. The van der Waals surface area contributed by atoms with Gasteiger partial charge >= 0.3 is 19.1 Å². The van der Waals surface area contributed by atoms with Crippen LogP contribution in [0.5, 0.6) is 0 Å². The van der Waals surface area contributed by atoms with E-state index in [0.29, 0.717) is 29.9 Å². The number of allylic oxidation sites excluding steroid dienone is 3. The van der Waals surface area contributed by atoms with E-state index in [1.54, 1.807) is 0 Å². The molecule has 0 N–H and O–H groups in total. The molecule has 1 aromatic heterocycles. The molecule has 3 aliphatic rings. The third kappa shape index (κ3) is 11.2. The van der Waals surface area contributed by atoms with Crippen LogP contribution in [0.3, 0.4) is 0 Å². The predicted molar refractivity (Wildman–Crippen MR) is 239 cm³/mol. The highest BCUT2D eigenvalue weighted by Gasteiger charge is 2.43. The maximum Gasteiger partial charge on any atom is 0.762 e. The van der Waals surface area contributed by atoms with Gasteiger partial charge in [-0.1, -0.05) is 154 Å². The van der Waals surface area contributed by atoms with Crippen molar-refractivity contribution in [3.05, 3.63) is 203 Å². The average Bonchev–Trinajstić information content (AvgIpc) is 3.28. The van der Waals surface area contributed by atoms with Crippen LogP contribution in [-0.2, 0) is 21.6 Å². The predicted octanol–water partition coefficient (Wildman–Crippen LogP) is 10.8. The Kier molecular flexibility index (Phi) is 17.2. The molecule has 1 aliphatic heterocycles. The first kappa shape index (κ1) is 48.0. The second-order valence-electron chi connectivity index (χ2n) is 14.4. The van der Waals surface area contributed by atoms with Crippen LogP contribution in [0.25, 0.3) is 28.0 Å². The van der Waals surface area contributed by atoms with Gasteiger partial charge in [-0.05, 0) is 66.2 Å². The molecule has 2 heterocycles. The van der Waals surface area contributed by atoms with E-state index in [9.17, 15) is 27.3 Å². The van der Waals surface area contributed by atoms with Crippen LogP contribution < -0.4 is 4.70 Å². The highest BCUT2D eigenvalue weighted by Crippen LogP contribution is 2.47. The lowest BCUT2D eigenvalue weighted by Crippen LogP contribution is -3.00. The zero-order valence-electron chi connectivity index (χ0n) is 32.7. The first-order valence-electron chi connectivity index (χ1n) is 19.7. The molecular weight excluding hydrogens is 791 g/mol. The van der Waals surface area contributed by atoms with Crippen LogP contribution in [0, 0.1) is 0 Å². The summed E-state index contributed by atoms with van der Waals surface area (Å²) in [5.41, 5.74) is 7.70. The Hall–Kier alpha value is -6.68. The summed E-state index contributed by atoms with van der Waals surface area (Å²) in [6.07, 6.45) is 6.61. The molecule has 0 amide bonds. The van der Waals surface area contributed by atoms with E-state index in [0.717, 1.165) is 76.0 Å². The number of ketones is 3. The van der Waals surface area contributed by atoms with E-state index in [1.165, 1.54) is 0 Å². The van der Waals surface area contributed by atoms with Crippen LogP contribution in [0.4, 0.5) is 12.9 Å². The van der Waals surface area contributed by atoms with Gasteiger partial charge in [0.05, 0.1) is 23.6 Å². The quantitative estimate of drug-likeness (QED) is 0.0693. The van der Waals surface area contributed by atoms with E-state index in [4.69, 9.17) is 9.15 Å². The van der Waals surface area contributed by atoms with Crippen molar-refractivity contribution in [2.24, 2.45) is 0 Å². The topological polar surface area (TPSA) is 71.7 Å². The van der Waals surface area contributed by atoms with Gasteiger partial charge in [0.25, 0.3) is 5.78 Å². The number of hydrogen-bond donors (Lipinski definition) is 0. The number of benzene rings is 5. The molecule has 1 unspecified atom stereocenters. The van der Waals surface area contributed by atoms with Crippen LogP contribution in [0.15, 0.2) is 180 Å². The fourth-order valence-corrected chi connectivity index (χ4v) is 7.79. The molecule has 62 heavy (non-hydrogen) atoms. The van der Waals surface area contributed by atoms with E-state index < -0.39 is 13.1 Å². The molecule has 6 aromatic rings. The lowest BCUT2D eigenvalue weighted by molar-refractivity contribution is -0.122. The normalized spacial score (nSPS) is 16.0. The summed E-state index contributed by atoms with van der Waals surface area (Å²) in [5, 5.41) is 0. The van der Waals surface area contributed by atoms with E-state index in [1.807, 2.05) is 127 Å². The van der Waals surface area contributed by atoms with Gasteiger partial charge in [-0.3, -0.25) is 27.3 Å². The Balaban J connectivity index is 0.000000249. The van der Waals surface area contributed by atoms with E-state index >= 15 is 0 Å². The highest BCUT2D eigenvalue weighted by molar-refractivity contribution is 6.33. The summed E-state index contributed by atoms with van der Waals surface area (Å²) in [6, 6.07) is 51.4. The molecule has 0 saturated carbocycles. The van der Waals surface area contributed by atoms with Crippen molar-refractivity contribution in [2.45, 2.75) is 65.4 Å². The summed E-state index contributed by atoms with van der Waals surface area (Å²) in [7, 11) is -3.67. The summed E-state index contributed by atoms with van der Waals surface area (Å²) in [5.74, 6) is 1.81. The molecule has 2 aliphatic carbocycles. The molecule has 9 rings (SSSR count). The molecular formula is C52H49BF4O5. The standard InChI is InChI=1S/C29H24O3.C21H17O2.2CH4.BF3.FH/c30-26-18-10-17-24-25(21-11-4-1-5-12-21)19-29(32-28(24)26,23-15-8-3-9-16-23)20-27(31)22-13-6-2-7-14-22;22-19-13-7-12-17-18(15-8-3-1-4-9-15)14-20(23-21(17)19)16-10-5-2-6-11-16;;;2-1(3)4;/h1-9,11-16,19H,10,17-18,20H2;1-6,8-11,14H,7,12-13H2;2*1H4;;1H/q;+1;;;;/p-1. The Labute approximate surface area is 361 Å². The Bertz CT molecular complexity index is 2480. The molecule has 5 nitrogen and oxygen atoms in total. The van der Waals surface area contributed by atoms with Gasteiger partial charge in [0, 0.05) is 29.5 Å². The number of carbonyl (C=O) groups is 3. The second-order valence-corrected chi connectivity index (χ2v) is 14.4. The number of fused-ring (bicyclic) bond motifs is 1. The van der Waals surface area contributed by atoms with Gasteiger partial charge < -0.3 is 9.44 Å². The molecule has 318 valence electrons. The molecule has 0 bridgehead atoms. The van der Waals surface area contributed by atoms with Gasteiger partial charge in [-0.2, -0.15) is 0 Å². The molecule has 1 atom stereocenters. The van der Waals surface area contributed by atoms with Gasteiger partial charge in [0.1, 0.15) is 0 Å². The van der Waals surface area contributed by atoms with Crippen molar-refractivity contribution >= 4 is 30.5 Å². The molecule has 5 aromatic carbocycles. The SMILES string of the molecule is C.C.FB(F)F.O=C1CCCC2=C1OC(CC(=O)c1ccccc1)(c1ccccc1)C=C2c1ccccc1.O=C1CCCc2c(-c3ccccc3)cc(-c3ccccc3)[o+]c21.[F-]. The number of carbonyl (C=O) groups excluding carboxylic acids is 3. The molecule has 0 saturated heterocycles. The van der Waals surface area contributed by atoms with E-state index in [-0.39, 0.29) is 43.3 Å². The van der Waals surface area contributed by atoms with Crippen molar-refractivity contribution in [2.75, 3.05) is 0 Å². The first-order valence-corrected chi connectivity index (χ1v) is 19.7. The fourth-order valence-electron chi connectivity index (χ4n) is 7.79. The number of halogens is 4. The summed E-state index contributed by atoms with van der Waals surface area (Å²) >= 11 is 0. The van der Waals surface area contributed by atoms with Crippen molar-refractivity contribution in [1.82, 2.24) is 0 Å². The van der Waals surface area contributed by atoms with E-state index in [2.05, 4.69) is 36.4 Å². The number of ether oxygens (including phenoxy) is 1. The maximum atomic E-state index is 13.4. The zero-order valence-corrected chi connectivity index (χ0v) is 32.7. The van der Waals surface area contributed by atoms with Gasteiger partial charge in [-0.15, -0.1) is 0 Å². The monoisotopic (exact) mass is 840 g/mol. The first-order chi connectivity index (χ1) is 28.7. The minimum absolute atomic E-state index is 0.